The van der Waals surface area contributed by atoms with Gasteiger partial charge in [-0.2, -0.15) is 0 Å². The van der Waals surface area contributed by atoms with Crippen LogP contribution < -0.4 is 16.8 Å². The Morgan fingerprint density at radius 1 is 1.62 bits per heavy atom. The number of nitrogens with one attached hydrogen (secondary N) is 1. The Kier molecular flexibility index (Phi) is 3.69. The lowest BCUT2D eigenvalue weighted by Gasteiger charge is -2.16. The van der Waals surface area contributed by atoms with Gasteiger partial charge in [-0.05, 0) is 25.7 Å². The van der Waals surface area contributed by atoms with Gasteiger partial charge < -0.3 is 16.8 Å². The zero-order chi connectivity index (χ0) is 9.84. The summed E-state index contributed by atoms with van der Waals surface area (Å²) in [6.45, 7) is 2.37. The third-order valence-corrected chi connectivity index (χ3v) is 2.67. The van der Waals surface area contributed by atoms with E-state index in [1.807, 2.05) is 0 Å². The summed E-state index contributed by atoms with van der Waals surface area (Å²) in [6, 6.07) is -0.161. The molecule has 0 heterocycles. The molecule has 1 fully saturated rings. The Balaban J connectivity index is 2.22. The molecule has 0 spiro atoms. The summed E-state index contributed by atoms with van der Waals surface area (Å²) < 4.78 is 0. The molecule has 0 radical (unpaired) electrons. The van der Waals surface area contributed by atoms with Gasteiger partial charge in [-0.3, -0.25) is 4.79 Å². The average molecular weight is 185 g/mol. The fourth-order valence-corrected chi connectivity index (χ4v) is 1.71. The minimum absolute atomic E-state index is 0.0842. The molecule has 0 aliphatic heterocycles. The largest absolute Gasteiger partial charge is 0.354 e. The van der Waals surface area contributed by atoms with Crippen LogP contribution in [-0.4, -0.2) is 24.5 Å². The molecule has 5 N–H and O–H groups in total. The van der Waals surface area contributed by atoms with Crippen molar-refractivity contribution in [3.63, 3.8) is 0 Å². The molecule has 4 heteroatoms. The van der Waals surface area contributed by atoms with Gasteiger partial charge in [0.1, 0.15) is 0 Å². The molecule has 4 nitrogen and oxygen atoms in total. The Bertz CT molecular complexity index is 182. The van der Waals surface area contributed by atoms with E-state index >= 15 is 0 Å². The summed E-state index contributed by atoms with van der Waals surface area (Å²) in [5, 5.41) is 2.81. The number of hydrogen-bond acceptors (Lipinski definition) is 3. The smallest absolute Gasteiger partial charge is 0.236 e. The summed E-state index contributed by atoms with van der Waals surface area (Å²) in [5.41, 5.74) is 11.3. The third kappa shape index (κ3) is 2.97. The van der Waals surface area contributed by atoms with E-state index in [1.54, 1.807) is 6.92 Å². The molecule has 1 saturated carbocycles. The fourth-order valence-electron chi connectivity index (χ4n) is 1.71. The van der Waals surface area contributed by atoms with Gasteiger partial charge in [0.2, 0.25) is 5.91 Å². The summed E-state index contributed by atoms with van der Waals surface area (Å²) in [4.78, 5) is 11.1. The normalized spacial score (nSPS) is 30.1. The summed E-state index contributed by atoms with van der Waals surface area (Å²) in [6.07, 6.45) is 3.39. The van der Waals surface area contributed by atoms with E-state index in [2.05, 4.69) is 5.32 Å². The minimum Gasteiger partial charge on any atom is -0.354 e. The molecule has 13 heavy (non-hydrogen) atoms. The van der Waals surface area contributed by atoms with Crippen molar-refractivity contribution in [2.75, 3.05) is 6.54 Å². The molecule has 76 valence electrons. The predicted octanol–water partition coefficient (Wildman–Crippen LogP) is -0.423. The molecule has 0 saturated heterocycles. The van der Waals surface area contributed by atoms with E-state index in [4.69, 9.17) is 11.5 Å². The molecule has 0 aromatic rings. The maximum Gasteiger partial charge on any atom is 0.236 e. The first-order valence-corrected chi connectivity index (χ1v) is 4.90. The lowest BCUT2D eigenvalue weighted by molar-refractivity contribution is -0.122. The van der Waals surface area contributed by atoms with Crippen molar-refractivity contribution in [1.82, 2.24) is 5.32 Å². The van der Waals surface area contributed by atoms with Crippen molar-refractivity contribution < 1.29 is 4.79 Å². The highest BCUT2D eigenvalue weighted by molar-refractivity contribution is 5.80. The van der Waals surface area contributed by atoms with Crippen molar-refractivity contribution in [3.05, 3.63) is 0 Å². The lowest BCUT2D eigenvalue weighted by Crippen LogP contribution is -2.42. The van der Waals surface area contributed by atoms with Gasteiger partial charge >= 0.3 is 0 Å². The van der Waals surface area contributed by atoms with Gasteiger partial charge in [-0.15, -0.1) is 0 Å². The molecule has 0 aromatic heterocycles. The molecule has 0 aromatic carbocycles. The van der Waals surface area contributed by atoms with E-state index in [0.717, 1.165) is 12.8 Å². The molecule has 2 unspecified atom stereocenters. The highest BCUT2D eigenvalue weighted by atomic mass is 16.2. The minimum atomic E-state index is -0.419. The van der Waals surface area contributed by atoms with E-state index in [-0.39, 0.29) is 11.9 Å². The van der Waals surface area contributed by atoms with Crippen molar-refractivity contribution in [2.24, 2.45) is 17.4 Å². The quantitative estimate of drug-likeness (QED) is 0.558. The van der Waals surface area contributed by atoms with Gasteiger partial charge in [-0.1, -0.05) is 6.42 Å². The molecule has 3 atom stereocenters. The molecule has 1 amide bonds. The van der Waals surface area contributed by atoms with Crippen LogP contribution in [0, 0.1) is 5.92 Å². The first kappa shape index (κ1) is 10.5. The average Bonchev–Trinajstić information content (AvgIpc) is 2.47. The van der Waals surface area contributed by atoms with E-state index in [1.165, 1.54) is 6.42 Å². The Hall–Kier alpha value is -0.610. The Morgan fingerprint density at radius 3 is 2.77 bits per heavy atom. The highest BCUT2D eigenvalue weighted by Gasteiger charge is 2.24. The number of carbonyl (C=O) groups excluding carboxylic acids is 1. The Morgan fingerprint density at radius 2 is 2.31 bits per heavy atom. The predicted molar refractivity (Wildman–Crippen MR) is 52.0 cm³/mol. The van der Waals surface area contributed by atoms with Gasteiger partial charge in [0, 0.05) is 12.6 Å². The van der Waals surface area contributed by atoms with Crippen LogP contribution in [0.4, 0.5) is 0 Å². The Labute approximate surface area is 79.0 Å². The standard InChI is InChI=1S/C9H19N3O/c1-6(10)9(13)12-5-7-3-2-4-8(7)11/h6-8H,2-5,10-11H2,1H3,(H,12,13)/t6-,7?,8?/m0/s1. The topological polar surface area (TPSA) is 81.1 Å². The van der Waals surface area contributed by atoms with Crippen LogP contribution in [0.1, 0.15) is 26.2 Å². The van der Waals surface area contributed by atoms with Crippen molar-refractivity contribution >= 4 is 5.91 Å². The van der Waals surface area contributed by atoms with Crippen LogP contribution in [0.2, 0.25) is 0 Å². The molecule has 1 aliphatic carbocycles. The third-order valence-electron chi connectivity index (χ3n) is 2.67. The maximum atomic E-state index is 11.1. The van der Waals surface area contributed by atoms with Crippen LogP contribution in [0.15, 0.2) is 0 Å². The van der Waals surface area contributed by atoms with Crippen LogP contribution in [0.3, 0.4) is 0 Å². The van der Waals surface area contributed by atoms with Crippen molar-refractivity contribution in [3.8, 4) is 0 Å². The molecule has 1 rings (SSSR count). The zero-order valence-electron chi connectivity index (χ0n) is 8.12. The van der Waals surface area contributed by atoms with Crippen molar-refractivity contribution in [1.29, 1.82) is 0 Å². The van der Waals surface area contributed by atoms with Crippen LogP contribution in [0.25, 0.3) is 0 Å². The van der Waals surface area contributed by atoms with Gasteiger partial charge in [-0.25, -0.2) is 0 Å². The molecule has 0 bridgehead atoms. The van der Waals surface area contributed by atoms with Crippen molar-refractivity contribution in [2.45, 2.75) is 38.3 Å². The van der Waals surface area contributed by atoms with Gasteiger partial charge in [0.25, 0.3) is 0 Å². The second-order valence-corrected chi connectivity index (χ2v) is 3.89. The first-order valence-electron chi connectivity index (χ1n) is 4.90. The number of rotatable bonds is 3. The number of hydrogen-bond donors (Lipinski definition) is 3. The second-order valence-electron chi connectivity index (χ2n) is 3.89. The van der Waals surface area contributed by atoms with E-state index < -0.39 is 6.04 Å². The van der Waals surface area contributed by atoms with Gasteiger partial charge in [0.15, 0.2) is 0 Å². The number of carbonyl (C=O) groups is 1. The molecule has 1 aliphatic rings. The van der Waals surface area contributed by atoms with E-state index in [9.17, 15) is 4.79 Å². The van der Waals surface area contributed by atoms with Crippen LogP contribution in [0.5, 0.6) is 0 Å². The maximum absolute atomic E-state index is 11.1. The summed E-state index contributed by atoms with van der Waals surface area (Å²) in [7, 11) is 0. The van der Waals surface area contributed by atoms with Gasteiger partial charge in [0.05, 0.1) is 6.04 Å². The van der Waals surface area contributed by atoms with E-state index in [0.29, 0.717) is 12.5 Å². The number of nitrogens with two attached hydrogens (primary N) is 2. The summed E-state index contributed by atoms with van der Waals surface area (Å²) >= 11 is 0. The van der Waals surface area contributed by atoms with Crippen LogP contribution in [-0.2, 0) is 4.79 Å². The molecular formula is C9H19N3O. The zero-order valence-corrected chi connectivity index (χ0v) is 8.12. The lowest BCUT2D eigenvalue weighted by atomic mass is 10.0. The fraction of sp³-hybridized carbons (Fsp3) is 0.889. The SMILES string of the molecule is C[C@H](N)C(=O)NCC1CCCC1N. The second kappa shape index (κ2) is 4.58. The highest BCUT2D eigenvalue weighted by Crippen LogP contribution is 2.22. The summed E-state index contributed by atoms with van der Waals surface area (Å²) in [5.74, 6) is 0.363. The molecular weight excluding hydrogens is 166 g/mol. The number of amides is 1. The van der Waals surface area contributed by atoms with Crippen LogP contribution >= 0.6 is 0 Å². The monoisotopic (exact) mass is 185 g/mol. The first-order chi connectivity index (χ1) is 6.11.